The smallest absolute Gasteiger partial charge is 0.324 e. The van der Waals surface area contributed by atoms with Crippen molar-refractivity contribution in [3.63, 3.8) is 0 Å². The van der Waals surface area contributed by atoms with Crippen LogP contribution in [0.15, 0.2) is 0 Å². The molecule has 0 spiro atoms. The fourth-order valence-electron chi connectivity index (χ4n) is 2.75. The molecule has 2 atom stereocenters. The van der Waals surface area contributed by atoms with Crippen LogP contribution in [0.3, 0.4) is 0 Å². The molecule has 104 valence electrons. The third-order valence-electron chi connectivity index (χ3n) is 4.04. The minimum Gasteiger partial charge on any atom is -0.480 e. The van der Waals surface area contributed by atoms with Gasteiger partial charge in [0.05, 0.1) is 6.10 Å². The zero-order valence-electron chi connectivity index (χ0n) is 11.3. The highest BCUT2D eigenvalue weighted by molar-refractivity contribution is 5.79. The predicted molar refractivity (Wildman–Crippen MR) is 69.6 cm³/mol. The van der Waals surface area contributed by atoms with Crippen LogP contribution in [0.2, 0.25) is 0 Å². The van der Waals surface area contributed by atoms with Crippen molar-refractivity contribution in [2.24, 2.45) is 0 Å². The van der Waals surface area contributed by atoms with E-state index in [1.54, 1.807) is 0 Å². The van der Waals surface area contributed by atoms with Crippen LogP contribution in [-0.2, 0) is 9.53 Å². The fourth-order valence-corrected chi connectivity index (χ4v) is 2.75. The second kappa shape index (κ2) is 6.02. The molecule has 4 nitrogen and oxygen atoms in total. The van der Waals surface area contributed by atoms with Crippen LogP contribution in [0.4, 0.5) is 0 Å². The standard InChI is InChI=1S/C14H25NO3/c1-2-3-4-9-18-12-7-8-14(10-12,13(16)17)15-11-5-6-11/h11-12,15H,2-10H2,1H3,(H,16,17). The van der Waals surface area contributed by atoms with Gasteiger partial charge in [-0.1, -0.05) is 19.8 Å². The maximum Gasteiger partial charge on any atom is 0.324 e. The predicted octanol–water partition coefficient (Wildman–Crippen LogP) is 2.32. The van der Waals surface area contributed by atoms with E-state index in [1.807, 2.05) is 0 Å². The minimum atomic E-state index is -0.712. The molecule has 0 aliphatic heterocycles. The summed E-state index contributed by atoms with van der Waals surface area (Å²) in [6.07, 6.45) is 8.05. The van der Waals surface area contributed by atoms with Crippen LogP contribution in [0.1, 0.15) is 58.3 Å². The van der Waals surface area contributed by atoms with Crippen molar-refractivity contribution in [1.82, 2.24) is 5.32 Å². The van der Waals surface area contributed by atoms with Crippen molar-refractivity contribution in [3.05, 3.63) is 0 Å². The minimum absolute atomic E-state index is 0.129. The summed E-state index contributed by atoms with van der Waals surface area (Å²) in [7, 11) is 0. The van der Waals surface area contributed by atoms with Gasteiger partial charge >= 0.3 is 5.97 Å². The topological polar surface area (TPSA) is 58.6 Å². The molecule has 0 aromatic carbocycles. The number of carboxylic acid groups (broad SMARTS) is 1. The van der Waals surface area contributed by atoms with Gasteiger partial charge < -0.3 is 9.84 Å². The van der Waals surface area contributed by atoms with Crippen molar-refractivity contribution in [2.75, 3.05) is 6.61 Å². The van der Waals surface area contributed by atoms with Crippen LogP contribution in [0, 0.1) is 0 Å². The molecule has 2 N–H and O–H groups in total. The molecular formula is C14H25NO3. The number of rotatable bonds is 8. The Bertz CT molecular complexity index is 291. The summed E-state index contributed by atoms with van der Waals surface area (Å²) in [6.45, 7) is 2.95. The zero-order chi connectivity index (χ0) is 13.0. The highest BCUT2D eigenvalue weighted by Gasteiger charge is 2.48. The summed E-state index contributed by atoms with van der Waals surface area (Å²) in [5, 5.41) is 12.8. The molecule has 2 aliphatic carbocycles. The lowest BCUT2D eigenvalue weighted by molar-refractivity contribution is -0.145. The molecule has 0 heterocycles. The summed E-state index contributed by atoms with van der Waals surface area (Å²) < 4.78 is 5.81. The van der Waals surface area contributed by atoms with Gasteiger partial charge in [0.2, 0.25) is 0 Å². The average Bonchev–Trinajstić information content (AvgIpc) is 3.04. The Morgan fingerprint density at radius 2 is 2.17 bits per heavy atom. The van der Waals surface area contributed by atoms with Gasteiger partial charge in [0.25, 0.3) is 0 Å². The molecule has 18 heavy (non-hydrogen) atoms. The van der Waals surface area contributed by atoms with Gasteiger partial charge in [0, 0.05) is 19.1 Å². The number of unbranched alkanes of at least 4 members (excludes halogenated alkanes) is 2. The van der Waals surface area contributed by atoms with E-state index in [0.717, 1.165) is 32.3 Å². The molecule has 2 aliphatic rings. The van der Waals surface area contributed by atoms with E-state index in [0.29, 0.717) is 18.9 Å². The first kappa shape index (κ1) is 13.8. The Kier molecular flexibility index (Phi) is 4.62. The third-order valence-corrected chi connectivity index (χ3v) is 4.04. The fraction of sp³-hybridized carbons (Fsp3) is 0.929. The van der Waals surface area contributed by atoms with E-state index < -0.39 is 11.5 Å². The van der Waals surface area contributed by atoms with Crippen molar-refractivity contribution in [2.45, 2.75) is 76.0 Å². The first-order valence-electron chi connectivity index (χ1n) is 7.29. The number of ether oxygens (including phenoxy) is 1. The van der Waals surface area contributed by atoms with E-state index in [1.165, 1.54) is 12.8 Å². The van der Waals surface area contributed by atoms with Gasteiger partial charge in [-0.15, -0.1) is 0 Å². The molecule has 2 rings (SSSR count). The lowest BCUT2D eigenvalue weighted by Crippen LogP contribution is -2.51. The Labute approximate surface area is 109 Å². The summed E-state index contributed by atoms with van der Waals surface area (Å²) in [5.41, 5.74) is -0.712. The van der Waals surface area contributed by atoms with E-state index in [2.05, 4.69) is 12.2 Å². The van der Waals surface area contributed by atoms with E-state index in [9.17, 15) is 9.90 Å². The molecule has 0 aromatic heterocycles. The second-order valence-corrected chi connectivity index (χ2v) is 5.75. The third kappa shape index (κ3) is 3.45. The van der Waals surface area contributed by atoms with Gasteiger partial charge in [0.1, 0.15) is 5.54 Å². The van der Waals surface area contributed by atoms with Crippen LogP contribution < -0.4 is 5.32 Å². The van der Waals surface area contributed by atoms with Crippen molar-refractivity contribution < 1.29 is 14.6 Å². The summed E-state index contributed by atoms with van der Waals surface area (Å²) in [5.74, 6) is -0.700. The summed E-state index contributed by atoms with van der Waals surface area (Å²) >= 11 is 0. The Morgan fingerprint density at radius 3 is 2.78 bits per heavy atom. The van der Waals surface area contributed by atoms with Crippen molar-refractivity contribution >= 4 is 5.97 Å². The summed E-state index contributed by atoms with van der Waals surface area (Å²) in [4.78, 5) is 11.5. The molecule has 2 unspecified atom stereocenters. The van der Waals surface area contributed by atoms with Crippen LogP contribution >= 0.6 is 0 Å². The molecule has 4 heteroatoms. The number of nitrogens with one attached hydrogen (secondary N) is 1. The molecule has 0 radical (unpaired) electrons. The van der Waals surface area contributed by atoms with Crippen LogP contribution in [-0.4, -0.2) is 35.4 Å². The van der Waals surface area contributed by atoms with Gasteiger partial charge in [-0.25, -0.2) is 0 Å². The monoisotopic (exact) mass is 255 g/mol. The number of carbonyl (C=O) groups is 1. The van der Waals surface area contributed by atoms with E-state index in [-0.39, 0.29) is 6.10 Å². The Hall–Kier alpha value is -0.610. The quantitative estimate of drug-likeness (QED) is 0.653. The molecule has 2 saturated carbocycles. The molecule has 2 fully saturated rings. The summed E-state index contributed by atoms with van der Waals surface area (Å²) in [6, 6.07) is 0.431. The zero-order valence-corrected chi connectivity index (χ0v) is 11.3. The molecule has 0 saturated heterocycles. The first-order valence-corrected chi connectivity index (χ1v) is 7.29. The van der Waals surface area contributed by atoms with E-state index >= 15 is 0 Å². The SMILES string of the molecule is CCCCCOC1CCC(NC2CC2)(C(=O)O)C1. The first-order chi connectivity index (χ1) is 8.66. The Morgan fingerprint density at radius 1 is 1.39 bits per heavy atom. The van der Waals surface area contributed by atoms with E-state index in [4.69, 9.17) is 4.74 Å². The maximum absolute atomic E-state index is 11.5. The van der Waals surface area contributed by atoms with Crippen molar-refractivity contribution in [3.8, 4) is 0 Å². The second-order valence-electron chi connectivity index (χ2n) is 5.75. The Balaban J connectivity index is 1.78. The molecule has 0 aromatic rings. The van der Waals surface area contributed by atoms with Crippen LogP contribution in [0.5, 0.6) is 0 Å². The number of carboxylic acids is 1. The average molecular weight is 255 g/mol. The van der Waals surface area contributed by atoms with Gasteiger partial charge in [-0.05, 0) is 32.1 Å². The molecule has 0 amide bonds. The number of hydrogen-bond donors (Lipinski definition) is 2. The lowest BCUT2D eigenvalue weighted by atomic mass is 9.97. The van der Waals surface area contributed by atoms with Gasteiger partial charge in [-0.3, -0.25) is 10.1 Å². The van der Waals surface area contributed by atoms with Gasteiger partial charge in [0.15, 0.2) is 0 Å². The highest BCUT2D eigenvalue weighted by atomic mass is 16.5. The van der Waals surface area contributed by atoms with Gasteiger partial charge in [-0.2, -0.15) is 0 Å². The highest BCUT2D eigenvalue weighted by Crippen LogP contribution is 2.35. The van der Waals surface area contributed by atoms with Crippen molar-refractivity contribution in [1.29, 1.82) is 0 Å². The lowest BCUT2D eigenvalue weighted by Gasteiger charge is -2.26. The molecular weight excluding hydrogens is 230 g/mol. The van der Waals surface area contributed by atoms with Crippen LogP contribution in [0.25, 0.3) is 0 Å². The largest absolute Gasteiger partial charge is 0.480 e. The molecule has 0 bridgehead atoms. The number of aliphatic carboxylic acids is 1. The normalized spacial score (nSPS) is 31.7. The maximum atomic E-state index is 11.5. The number of hydrogen-bond acceptors (Lipinski definition) is 3.